The Morgan fingerprint density at radius 1 is 0.952 bits per heavy atom. The topological polar surface area (TPSA) is 81.2 Å². The first kappa shape index (κ1) is 15.8. The molecule has 0 aromatic carbocycles. The van der Waals surface area contributed by atoms with Gasteiger partial charge in [0.2, 0.25) is 11.8 Å². The van der Waals surface area contributed by atoms with Crippen LogP contribution in [0.15, 0.2) is 0 Å². The molecule has 0 radical (unpaired) electrons. The quantitative estimate of drug-likeness (QED) is 0.757. The van der Waals surface area contributed by atoms with E-state index in [4.69, 9.17) is 5.11 Å². The fourth-order valence-electron chi connectivity index (χ4n) is 3.02. The van der Waals surface area contributed by atoms with Crippen LogP contribution in [0.3, 0.4) is 0 Å². The number of hydrogen-bond donors (Lipinski definition) is 1. The molecule has 0 aliphatic carbocycles. The summed E-state index contributed by atoms with van der Waals surface area (Å²) in [7, 11) is 0. The third kappa shape index (κ3) is 4.17. The summed E-state index contributed by atoms with van der Waals surface area (Å²) >= 11 is 0. The van der Waals surface area contributed by atoms with Crippen LogP contribution < -0.4 is 0 Å². The van der Waals surface area contributed by atoms with Gasteiger partial charge in [0, 0.05) is 52.1 Å². The Labute approximate surface area is 124 Å². The molecule has 0 unspecified atom stereocenters. The van der Waals surface area contributed by atoms with Gasteiger partial charge in [0.25, 0.3) is 0 Å². The van der Waals surface area contributed by atoms with Gasteiger partial charge >= 0.3 is 5.97 Å². The van der Waals surface area contributed by atoms with Gasteiger partial charge in [0.1, 0.15) is 0 Å². The lowest BCUT2D eigenvalue weighted by molar-refractivity contribution is -0.143. The smallest absolute Gasteiger partial charge is 0.317 e. The number of nitrogens with zero attached hydrogens (tertiary/aromatic N) is 3. The fraction of sp³-hybridized carbons (Fsp3) is 0.786. The zero-order chi connectivity index (χ0) is 15.4. The van der Waals surface area contributed by atoms with Crippen LogP contribution in [0, 0.1) is 5.92 Å². The number of piperidine rings is 1. The van der Waals surface area contributed by atoms with Crippen LogP contribution in [0.5, 0.6) is 0 Å². The summed E-state index contributed by atoms with van der Waals surface area (Å²) in [6.07, 6.45) is 1.46. The average molecular weight is 297 g/mol. The lowest BCUT2D eigenvalue weighted by atomic mass is 9.95. The number of carboxylic acids is 1. The van der Waals surface area contributed by atoms with E-state index < -0.39 is 5.97 Å². The van der Waals surface area contributed by atoms with Crippen molar-refractivity contribution < 1.29 is 19.5 Å². The zero-order valence-electron chi connectivity index (χ0n) is 12.5. The second-order valence-corrected chi connectivity index (χ2v) is 5.78. The van der Waals surface area contributed by atoms with Crippen molar-refractivity contribution in [3.8, 4) is 0 Å². The molecule has 7 nitrogen and oxygen atoms in total. The Hall–Kier alpha value is -1.63. The molecule has 2 rings (SSSR count). The Balaban J connectivity index is 1.77. The van der Waals surface area contributed by atoms with E-state index in [-0.39, 0.29) is 24.3 Å². The Bertz CT molecular complexity index is 410. The van der Waals surface area contributed by atoms with Crippen LogP contribution in [-0.2, 0) is 14.4 Å². The van der Waals surface area contributed by atoms with E-state index in [1.54, 1.807) is 11.8 Å². The predicted octanol–water partition coefficient (Wildman–Crippen LogP) is -0.526. The molecular formula is C14H23N3O4. The monoisotopic (exact) mass is 297 g/mol. The third-order valence-corrected chi connectivity index (χ3v) is 4.33. The summed E-state index contributed by atoms with van der Waals surface area (Å²) in [5, 5.41) is 8.76. The van der Waals surface area contributed by atoms with E-state index in [1.165, 1.54) is 0 Å². The summed E-state index contributed by atoms with van der Waals surface area (Å²) in [6, 6.07) is 0. The van der Waals surface area contributed by atoms with E-state index in [0.717, 1.165) is 12.8 Å². The standard InChI is InChI=1S/C14H23N3O4/c1-11(18)16-4-2-12(3-5-16)14(21)17-8-6-15(7-9-17)10-13(19)20/h12H,2-10H2,1H3,(H,19,20). The lowest BCUT2D eigenvalue weighted by Gasteiger charge is -2.38. The molecule has 0 spiro atoms. The van der Waals surface area contributed by atoms with E-state index in [9.17, 15) is 14.4 Å². The van der Waals surface area contributed by atoms with Gasteiger partial charge in [-0.25, -0.2) is 0 Å². The Kier molecular flexibility index (Phi) is 5.17. The van der Waals surface area contributed by atoms with Crippen molar-refractivity contribution in [2.75, 3.05) is 45.8 Å². The van der Waals surface area contributed by atoms with Gasteiger partial charge in [-0.2, -0.15) is 0 Å². The van der Waals surface area contributed by atoms with E-state index >= 15 is 0 Å². The maximum absolute atomic E-state index is 12.4. The molecule has 0 aromatic heterocycles. The number of amides is 2. The highest BCUT2D eigenvalue weighted by atomic mass is 16.4. The zero-order valence-corrected chi connectivity index (χ0v) is 12.5. The Morgan fingerprint density at radius 3 is 2.00 bits per heavy atom. The summed E-state index contributed by atoms with van der Waals surface area (Å²) in [6.45, 7) is 5.34. The van der Waals surface area contributed by atoms with Crippen LogP contribution in [0.2, 0.25) is 0 Å². The molecular weight excluding hydrogens is 274 g/mol. The van der Waals surface area contributed by atoms with E-state index in [2.05, 4.69) is 0 Å². The summed E-state index contributed by atoms with van der Waals surface area (Å²) in [5.41, 5.74) is 0. The van der Waals surface area contributed by atoms with Crippen LogP contribution in [0.25, 0.3) is 0 Å². The minimum absolute atomic E-state index is 0.00613. The average Bonchev–Trinajstić information content (AvgIpc) is 2.47. The number of likely N-dealkylation sites (tertiary alicyclic amines) is 1. The van der Waals surface area contributed by atoms with Gasteiger partial charge in [-0.05, 0) is 12.8 Å². The lowest BCUT2D eigenvalue weighted by Crippen LogP contribution is -2.52. The molecule has 7 heteroatoms. The van der Waals surface area contributed by atoms with Crippen molar-refractivity contribution in [2.24, 2.45) is 5.92 Å². The molecule has 0 atom stereocenters. The van der Waals surface area contributed by atoms with Crippen LogP contribution in [0.1, 0.15) is 19.8 Å². The number of hydrogen-bond acceptors (Lipinski definition) is 4. The van der Waals surface area contributed by atoms with Gasteiger partial charge in [-0.3, -0.25) is 19.3 Å². The molecule has 2 amide bonds. The first-order chi connectivity index (χ1) is 9.97. The summed E-state index contributed by atoms with van der Waals surface area (Å²) in [4.78, 5) is 39.9. The first-order valence-corrected chi connectivity index (χ1v) is 7.46. The number of aliphatic carboxylic acids is 1. The SMILES string of the molecule is CC(=O)N1CCC(C(=O)N2CCN(CC(=O)O)CC2)CC1. The molecule has 0 bridgehead atoms. The predicted molar refractivity (Wildman–Crippen MR) is 75.6 cm³/mol. The van der Waals surface area contributed by atoms with Gasteiger partial charge in [0.15, 0.2) is 0 Å². The second-order valence-electron chi connectivity index (χ2n) is 5.78. The number of carbonyl (C=O) groups is 3. The van der Waals surface area contributed by atoms with E-state index in [1.807, 2.05) is 9.80 Å². The maximum atomic E-state index is 12.4. The van der Waals surface area contributed by atoms with Gasteiger partial charge in [-0.15, -0.1) is 0 Å². The third-order valence-electron chi connectivity index (χ3n) is 4.33. The maximum Gasteiger partial charge on any atom is 0.317 e. The molecule has 0 aromatic rings. The molecule has 2 aliphatic heterocycles. The summed E-state index contributed by atoms with van der Waals surface area (Å²) < 4.78 is 0. The number of carboxylic acid groups (broad SMARTS) is 1. The van der Waals surface area contributed by atoms with E-state index in [0.29, 0.717) is 39.3 Å². The molecule has 2 heterocycles. The number of carbonyl (C=O) groups excluding carboxylic acids is 2. The minimum Gasteiger partial charge on any atom is -0.480 e. The van der Waals surface area contributed by atoms with Crippen LogP contribution >= 0.6 is 0 Å². The molecule has 21 heavy (non-hydrogen) atoms. The highest BCUT2D eigenvalue weighted by molar-refractivity contribution is 5.80. The van der Waals surface area contributed by atoms with Gasteiger partial charge < -0.3 is 14.9 Å². The van der Waals surface area contributed by atoms with Crippen LogP contribution in [-0.4, -0.2) is 83.4 Å². The first-order valence-electron chi connectivity index (χ1n) is 7.46. The van der Waals surface area contributed by atoms with Crippen molar-refractivity contribution in [2.45, 2.75) is 19.8 Å². The Morgan fingerprint density at radius 2 is 1.52 bits per heavy atom. The molecule has 2 fully saturated rings. The molecule has 2 aliphatic rings. The largest absolute Gasteiger partial charge is 0.480 e. The normalized spacial score (nSPS) is 21.4. The minimum atomic E-state index is -0.827. The number of piperazine rings is 1. The van der Waals surface area contributed by atoms with Crippen molar-refractivity contribution in [3.63, 3.8) is 0 Å². The van der Waals surface area contributed by atoms with Crippen LogP contribution in [0.4, 0.5) is 0 Å². The molecule has 118 valence electrons. The summed E-state index contributed by atoms with van der Waals surface area (Å²) in [5.74, 6) is -0.589. The fourth-order valence-corrected chi connectivity index (χ4v) is 3.02. The number of rotatable bonds is 3. The molecule has 2 saturated heterocycles. The van der Waals surface area contributed by atoms with Gasteiger partial charge in [0.05, 0.1) is 6.54 Å². The highest BCUT2D eigenvalue weighted by Crippen LogP contribution is 2.20. The molecule has 1 N–H and O–H groups in total. The van der Waals surface area contributed by atoms with Crippen molar-refractivity contribution in [3.05, 3.63) is 0 Å². The van der Waals surface area contributed by atoms with Crippen molar-refractivity contribution in [1.29, 1.82) is 0 Å². The highest BCUT2D eigenvalue weighted by Gasteiger charge is 2.31. The second kappa shape index (κ2) is 6.89. The van der Waals surface area contributed by atoms with Crippen molar-refractivity contribution in [1.82, 2.24) is 14.7 Å². The molecule has 0 saturated carbocycles. The van der Waals surface area contributed by atoms with Gasteiger partial charge in [-0.1, -0.05) is 0 Å². The van der Waals surface area contributed by atoms with Crippen molar-refractivity contribution >= 4 is 17.8 Å².